The van der Waals surface area contributed by atoms with Crippen LogP contribution in [0.1, 0.15) is 23.9 Å². The molecule has 1 aromatic heterocycles. The summed E-state index contributed by atoms with van der Waals surface area (Å²) in [5.74, 6) is 0.935. The van der Waals surface area contributed by atoms with Crippen LogP contribution in [0.3, 0.4) is 0 Å². The maximum Gasteiger partial charge on any atom is 0.202 e. The SMILES string of the molecule is CCc1nsc(NCCN2CCc3ccccc3C2)n1. The first-order valence-electron chi connectivity index (χ1n) is 7.20. The summed E-state index contributed by atoms with van der Waals surface area (Å²) in [6, 6.07) is 8.76. The molecule has 0 radical (unpaired) electrons. The van der Waals surface area contributed by atoms with Crippen molar-refractivity contribution >= 4 is 16.7 Å². The summed E-state index contributed by atoms with van der Waals surface area (Å²) >= 11 is 1.46. The van der Waals surface area contributed by atoms with Crippen LogP contribution >= 0.6 is 11.5 Å². The summed E-state index contributed by atoms with van der Waals surface area (Å²) in [6.07, 6.45) is 2.07. The Morgan fingerprint density at radius 3 is 2.95 bits per heavy atom. The Balaban J connectivity index is 1.48. The molecule has 4 nitrogen and oxygen atoms in total. The summed E-state index contributed by atoms with van der Waals surface area (Å²) < 4.78 is 4.28. The zero-order valence-electron chi connectivity index (χ0n) is 11.8. The Morgan fingerprint density at radius 2 is 2.15 bits per heavy atom. The lowest BCUT2D eigenvalue weighted by atomic mass is 10.00. The normalized spacial score (nSPS) is 15.1. The molecular weight excluding hydrogens is 268 g/mol. The van der Waals surface area contributed by atoms with Crippen LogP contribution in [0.4, 0.5) is 5.13 Å². The van der Waals surface area contributed by atoms with E-state index in [0.717, 1.165) is 50.0 Å². The van der Waals surface area contributed by atoms with E-state index in [1.807, 2.05) is 0 Å². The van der Waals surface area contributed by atoms with E-state index in [0.29, 0.717) is 0 Å². The largest absolute Gasteiger partial charge is 0.359 e. The van der Waals surface area contributed by atoms with Crippen molar-refractivity contribution in [3.63, 3.8) is 0 Å². The van der Waals surface area contributed by atoms with Crippen LogP contribution in [0.2, 0.25) is 0 Å². The highest BCUT2D eigenvalue weighted by molar-refractivity contribution is 7.09. The van der Waals surface area contributed by atoms with Gasteiger partial charge in [0.2, 0.25) is 5.13 Å². The molecule has 2 aromatic rings. The van der Waals surface area contributed by atoms with E-state index >= 15 is 0 Å². The van der Waals surface area contributed by atoms with Crippen LogP contribution in [0, 0.1) is 0 Å². The summed E-state index contributed by atoms with van der Waals surface area (Å²) in [6.45, 7) is 6.27. The lowest BCUT2D eigenvalue weighted by Crippen LogP contribution is -2.34. The molecule has 106 valence electrons. The van der Waals surface area contributed by atoms with Crippen LogP contribution in [-0.2, 0) is 19.4 Å². The lowest BCUT2D eigenvalue weighted by Gasteiger charge is -2.28. The van der Waals surface area contributed by atoms with Crippen molar-refractivity contribution in [3.8, 4) is 0 Å². The highest BCUT2D eigenvalue weighted by atomic mass is 32.1. The Hall–Kier alpha value is -1.46. The first kappa shape index (κ1) is 13.5. The molecule has 0 bridgehead atoms. The molecular formula is C15H20N4S. The smallest absolute Gasteiger partial charge is 0.202 e. The minimum atomic E-state index is 0.904. The second-order valence-corrected chi connectivity index (χ2v) is 5.84. The van der Waals surface area contributed by atoms with Crippen LogP contribution < -0.4 is 5.32 Å². The third-order valence-corrected chi connectivity index (χ3v) is 4.41. The third-order valence-electron chi connectivity index (χ3n) is 3.70. The molecule has 20 heavy (non-hydrogen) atoms. The average Bonchev–Trinajstić information content (AvgIpc) is 2.95. The van der Waals surface area contributed by atoms with Gasteiger partial charge >= 0.3 is 0 Å². The number of hydrogen-bond acceptors (Lipinski definition) is 5. The van der Waals surface area contributed by atoms with Gasteiger partial charge in [-0.1, -0.05) is 31.2 Å². The zero-order chi connectivity index (χ0) is 13.8. The van der Waals surface area contributed by atoms with Crippen molar-refractivity contribution in [2.24, 2.45) is 0 Å². The quantitative estimate of drug-likeness (QED) is 0.918. The van der Waals surface area contributed by atoms with Gasteiger partial charge in [0.05, 0.1) is 0 Å². The Bertz CT molecular complexity index is 567. The van der Waals surface area contributed by atoms with E-state index in [1.165, 1.54) is 22.7 Å². The minimum absolute atomic E-state index is 0.904. The van der Waals surface area contributed by atoms with Crippen molar-refractivity contribution < 1.29 is 0 Å². The molecule has 2 heterocycles. The van der Waals surface area contributed by atoms with Gasteiger partial charge in [-0.25, -0.2) is 4.98 Å². The summed E-state index contributed by atoms with van der Waals surface area (Å²) in [5.41, 5.74) is 2.98. The molecule has 1 aliphatic heterocycles. The number of hydrogen-bond donors (Lipinski definition) is 1. The fourth-order valence-electron chi connectivity index (χ4n) is 2.54. The maximum atomic E-state index is 4.43. The molecule has 0 amide bonds. The van der Waals surface area contributed by atoms with Gasteiger partial charge in [-0.05, 0) is 17.5 Å². The van der Waals surface area contributed by atoms with E-state index < -0.39 is 0 Å². The summed E-state index contributed by atoms with van der Waals surface area (Å²) in [7, 11) is 0. The van der Waals surface area contributed by atoms with Gasteiger partial charge in [0.25, 0.3) is 0 Å². The zero-order valence-corrected chi connectivity index (χ0v) is 12.6. The van der Waals surface area contributed by atoms with Crippen molar-refractivity contribution in [2.45, 2.75) is 26.3 Å². The average molecular weight is 288 g/mol. The van der Waals surface area contributed by atoms with Gasteiger partial charge in [0.15, 0.2) is 0 Å². The summed E-state index contributed by atoms with van der Waals surface area (Å²) in [5, 5.41) is 4.32. The van der Waals surface area contributed by atoms with Gasteiger partial charge in [0, 0.05) is 44.1 Å². The maximum absolute atomic E-state index is 4.43. The van der Waals surface area contributed by atoms with Gasteiger partial charge < -0.3 is 5.32 Å². The monoisotopic (exact) mass is 288 g/mol. The highest BCUT2D eigenvalue weighted by Gasteiger charge is 2.15. The second-order valence-electron chi connectivity index (χ2n) is 5.09. The second kappa shape index (κ2) is 6.33. The molecule has 0 unspecified atom stereocenters. The van der Waals surface area contributed by atoms with Crippen LogP contribution in [-0.4, -0.2) is 33.9 Å². The van der Waals surface area contributed by atoms with E-state index in [1.54, 1.807) is 0 Å². The fraction of sp³-hybridized carbons (Fsp3) is 0.467. The van der Waals surface area contributed by atoms with Gasteiger partial charge in [-0.15, -0.1) is 0 Å². The predicted molar refractivity (Wildman–Crippen MR) is 83.2 cm³/mol. The number of aryl methyl sites for hydroxylation is 1. The number of fused-ring (bicyclic) bond motifs is 1. The van der Waals surface area contributed by atoms with Crippen LogP contribution in [0.5, 0.6) is 0 Å². The number of benzene rings is 1. The molecule has 1 N–H and O–H groups in total. The minimum Gasteiger partial charge on any atom is -0.359 e. The number of nitrogens with zero attached hydrogens (tertiary/aromatic N) is 3. The third kappa shape index (κ3) is 3.16. The van der Waals surface area contributed by atoms with E-state index in [2.05, 4.69) is 50.8 Å². The van der Waals surface area contributed by atoms with Crippen molar-refractivity contribution in [1.29, 1.82) is 0 Å². The molecule has 3 rings (SSSR count). The summed E-state index contributed by atoms with van der Waals surface area (Å²) in [4.78, 5) is 6.92. The first-order chi connectivity index (χ1) is 9.85. The molecule has 5 heteroatoms. The molecule has 1 aromatic carbocycles. The van der Waals surface area contributed by atoms with Crippen molar-refractivity contribution in [1.82, 2.24) is 14.3 Å². The van der Waals surface area contributed by atoms with E-state index in [-0.39, 0.29) is 0 Å². The molecule has 0 aliphatic carbocycles. The number of aromatic nitrogens is 2. The van der Waals surface area contributed by atoms with Gasteiger partial charge in [0.1, 0.15) is 5.82 Å². The predicted octanol–water partition coefficient (Wildman–Crippen LogP) is 2.57. The van der Waals surface area contributed by atoms with Gasteiger partial charge in [-0.3, -0.25) is 4.90 Å². The number of anilines is 1. The van der Waals surface area contributed by atoms with Gasteiger partial charge in [-0.2, -0.15) is 4.37 Å². The van der Waals surface area contributed by atoms with Crippen molar-refractivity contribution in [2.75, 3.05) is 25.0 Å². The Kier molecular flexibility index (Phi) is 4.28. The van der Waals surface area contributed by atoms with Crippen LogP contribution in [0.25, 0.3) is 0 Å². The number of nitrogens with one attached hydrogen (secondary N) is 1. The standard InChI is InChI=1S/C15H20N4S/c1-2-14-17-15(20-18-14)16-8-10-19-9-7-12-5-3-4-6-13(12)11-19/h3-6H,2,7-11H2,1H3,(H,16,17,18). The Morgan fingerprint density at radius 1 is 1.30 bits per heavy atom. The topological polar surface area (TPSA) is 41.1 Å². The first-order valence-corrected chi connectivity index (χ1v) is 7.98. The molecule has 1 aliphatic rings. The molecule has 0 fully saturated rings. The lowest BCUT2D eigenvalue weighted by molar-refractivity contribution is 0.264. The molecule has 0 spiro atoms. The van der Waals surface area contributed by atoms with E-state index in [4.69, 9.17) is 0 Å². The molecule has 0 saturated carbocycles. The highest BCUT2D eigenvalue weighted by Crippen LogP contribution is 2.18. The molecule has 0 atom stereocenters. The fourth-order valence-corrected chi connectivity index (χ4v) is 3.21. The number of rotatable bonds is 5. The van der Waals surface area contributed by atoms with Crippen LogP contribution in [0.15, 0.2) is 24.3 Å². The Labute approximate surface area is 124 Å². The van der Waals surface area contributed by atoms with E-state index in [9.17, 15) is 0 Å². The molecule has 0 saturated heterocycles. The van der Waals surface area contributed by atoms with Crippen molar-refractivity contribution in [3.05, 3.63) is 41.2 Å².